The van der Waals surface area contributed by atoms with Crippen molar-refractivity contribution in [2.75, 3.05) is 51.9 Å². The largest absolute Gasteiger partial charge is 0.496 e. The molecule has 0 unspecified atom stereocenters. The molecule has 1 aliphatic rings. The highest BCUT2D eigenvalue weighted by atomic mass is 127. The summed E-state index contributed by atoms with van der Waals surface area (Å²) in [7, 11) is 3.48. The lowest BCUT2D eigenvalue weighted by Crippen LogP contribution is -2.40. The number of hydrogen-bond donors (Lipinski definition) is 2. The van der Waals surface area contributed by atoms with Gasteiger partial charge in [-0.1, -0.05) is 24.3 Å². The second kappa shape index (κ2) is 12.5. The van der Waals surface area contributed by atoms with Crippen molar-refractivity contribution in [1.82, 2.24) is 15.6 Å². The number of nitrogens with one attached hydrogen (secondary N) is 2. The fourth-order valence-electron chi connectivity index (χ4n) is 3.25. The molecule has 2 heterocycles. The zero-order valence-corrected chi connectivity index (χ0v) is 19.4. The predicted octanol–water partition coefficient (Wildman–Crippen LogP) is 2.45. The van der Waals surface area contributed by atoms with Crippen LogP contribution in [0.1, 0.15) is 11.1 Å². The molecule has 2 aromatic rings. The van der Waals surface area contributed by atoms with Crippen molar-refractivity contribution >= 4 is 35.8 Å². The zero-order valence-electron chi connectivity index (χ0n) is 17.1. The van der Waals surface area contributed by atoms with Crippen molar-refractivity contribution in [3.05, 3.63) is 53.7 Å². The van der Waals surface area contributed by atoms with Gasteiger partial charge in [0.2, 0.25) is 0 Å². The van der Waals surface area contributed by atoms with Gasteiger partial charge in [0.15, 0.2) is 5.96 Å². The molecule has 29 heavy (non-hydrogen) atoms. The van der Waals surface area contributed by atoms with Crippen LogP contribution >= 0.6 is 24.0 Å². The summed E-state index contributed by atoms with van der Waals surface area (Å²) in [4.78, 5) is 11.2. The highest BCUT2D eigenvalue weighted by molar-refractivity contribution is 14.0. The molecule has 1 aromatic heterocycles. The number of benzene rings is 1. The molecule has 158 valence electrons. The van der Waals surface area contributed by atoms with Gasteiger partial charge in [0, 0.05) is 45.0 Å². The van der Waals surface area contributed by atoms with Gasteiger partial charge in [0.1, 0.15) is 11.6 Å². The third kappa shape index (κ3) is 6.74. The van der Waals surface area contributed by atoms with Crippen LogP contribution in [-0.2, 0) is 17.7 Å². The maximum absolute atomic E-state index is 5.45. The van der Waals surface area contributed by atoms with E-state index in [0.29, 0.717) is 6.54 Å². The summed E-state index contributed by atoms with van der Waals surface area (Å²) in [6.45, 7) is 4.66. The summed E-state index contributed by atoms with van der Waals surface area (Å²) in [5.74, 6) is 2.70. The summed E-state index contributed by atoms with van der Waals surface area (Å²) in [5, 5.41) is 6.76. The summed E-state index contributed by atoms with van der Waals surface area (Å²) >= 11 is 0. The third-order valence-corrected chi connectivity index (χ3v) is 4.73. The van der Waals surface area contributed by atoms with Crippen LogP contribution in [0.2, 0.25) is 0 Å². The zero-order chi connectivity index (χ0) is 19.6. The van der Waals surface area contributed by atoms with E-state index in [1.54, 1.807) is 14.2 Å². The topological polar surface area (TPSA) is 71.0 Å². The van der Waals surface area contributed by atoms with Crippen LogP contribution in [0.25, 0.3) is 0 Å². The minimum absolute atomic E-state index is 0. The molecule has 1 saturated heterocycles. The number of pyridine rings is 1. The van der Waals surface area contributed by atoms with Gasteiger partial charge in [-0.25, -0.2) is 4.98 Å². The number of hydrogen-bond acceptors (Lipinski definition) is 5. The van der Waals surface area contributed by atoms with Crippen molar-refractivity contribution < 1.29 is 9.47 Å². The van der Waals surface area contributed by atoms with Crippen molar-refractivity contribution in [2.24, 2.45) is 4.99 Å². The number of methoxy groups -OCH3 is 1. The molecule has 0 amide bonds. The van der Waals surface area contributed by atoms with Gasteiger partial charge in [-0.05, 0) is 24.1 Å². The fourth-order valence-corrected chi connectivity index (χ4v) is 3.25. The number of rotatable bonds is 7. The lowest BCUT2D eigenvalue weighted by molar-refractivity contribution is 0.122. The standard InChI is InChI=1S/C21H29N5O2.HI/c1-22-21(24-11-9-17-6-3-4-8-19(17)27-2)25-16-18-7-5-10-23-20(18)26-12-14-28-15-13-26;/h3-8,10H,9,11-16H2,1-2H3,(H2,22,24,25);1H. The first-order chi connectivity index (χ1) is 13.8. The van der Waals surface area contributed by atoms with Crippen LogP contribution in [0.4, 0.5) is 5.82 Å². The van der Waals surface area contributed by atoms with Crippen molar-refractivity contribution in [2.45, 2.75) is 13.0 Å². The number of ether oxygens (including phenoxy) is 2. The number of halogens is 1. The Bertz CT molecular complexity index is 781. The predicted molar refractivity (Wildman–Crippen MR) is 128 cm³/mol. The summed E-state index contributed by atoms with van der Waals surface area (Å²) < 4.78 is 10.9. The number of aromatic nitrogens is 1. The first-order valence-electron chi connectivity index (χ1n) is 9.65. The third-order valence-electron chi connectivity index (χ3n) is 4.73. The van der Waals surface area contributed by atoms with E-state index < -0.39 is 0 Å². The monoisotopic (exact) mass is 511 g/mol. The summed E-state index contributed by atoms with van der Waals surface area (Å²) in [6.07, 6.45) is 2.70. The second-order valence-corrected chi connectivity index (χ2v) is 6.50. The van der Waals surface area contributed by atoms with Crippen LogP contribution in [-0.4, -0.2) is 57.9 Å². The molecular formula is C21H30IN5O2. The van der Waals surface area contributed by atoms with Crippen LogP contribution < -0.4 is 20.3 Å². The number of guanidine groups is 1. The van der Waals surface area contributed by atoms with E-state index in [4.69, 9.17) is 9.47 Å². The molecule has 0 spiro atoms. The van der Waals surface area contributed by atoms with Gasteiger partial charge in [-0.3, -0.25) is 4.99 Å². The first-order valence-corrected chi connectivity index (χ1v) is 9.65. The molecule has 0 radical (unpaired) electrons. The fraction of sp³-hybridized carbons (Fsp3) is 0.429. The molecule has 1 fully saturated rings. The molecule has 1 aromatic carbocycles. The van der Waals surface area contributed by atoms with E-state index >= 15 is 0 Å². The minimum Gasteiger partial charge on any atom is -0.496 e. The van der Waals surface area contributed by atoms with E-state index in [1.165, 1.54) is 5.56 Å². The number of anilines is 1. The minimum atomic E-state index is 0. The van der Waals surface area contributed by atoms with Crippen molar-refractivity contribution in [3.63, 3.8) is 0 Å². The SMILES string of the molecule is CN=C(NCCc1ccccc1OC)NCc1cccnc1N1CCOCC1.I. The van der Waals surface area contributed by atoms with Crippen molar-refractivity contribution in [1.29, 1.82) is 0 Å². The lowest BCUT2D eigenvalue weighted by atomic mass is 10.1. The summed E-state index contributed by atoms with van der Waals surface area (Å²) in [6, 6.07) is 12.2. The van der Waals surface area contributed by atoms with Gasteiger partial charge in [0.05, 0.1) is 20.3 Å². The molecular weight excluding hydrogens is 481 g/mol. The van der Waals surface area contributed by atoms with Gasteiger partial charge in [-0.2, -0.15) is 0 Å². The molecule has 8 heteroatoms. The average Bonchev–Trinajstić information content (AvgIpc) is 2.77. The van der Waals surface area contributed by atoms with Crippen LogP contribution in [0.15, 0.2) is 47.6 Å². The Morgan fingerprint density at radius 2 is 1.90 bits per heavy atom. The normalized spacial score (nSPS) is 14.1. The molecule has 0 saturated carbocycles. The molecule has 0 atom stereocenters. The molecule has 7 nitrogen and oxygen atoms in total. The molecule has 3 rings (SSSR count). The Kier molecular flexibility index (Phi) is 9.99. The average molecular weight is 511 g/mol. The number of morpholine rings is 1. The van der Waals surface area contributed by atoms with E-state index in [-0.39, 0.29) is 24.0 Å². The Morgan fingerprint density at radius 3 is 2.66 bits per heavy atom. The maximum atomic E-state index is 5.45. The van der Waals surface area contributed by atoms with E-state index in [1.807, 2.05) is 30.5 Å². The van der Waals surface area contributed by atoms with Crippen LogP contribution in [0, 0.1) is 0 Å². The highest BCUT2D eigenvalue weighted by Gasteiger charge is 2.15. The Balaban J connectivity index is 0.00000300. The highest BCUT2D eigenvalue weighted by Crippen LogP contribution is 2.18. The second-order valence-electron chi connectivity index (χ2n) is 6.50. The van der Waals surface area contributed by atoms with Gasteiger partial charge in [0.25, 0.3) is 0 Å². The smallest absolute Gasteiger partial charge is 0.191 e. The first kappa shape index (κ1) is 23.2. The van der Waals surface area contributed by atoms with Crippen LogP contribution in [0.3, 0.4) is 0 Å². The van der Waals surface area contributed by atoms with E-state index in [9.17, 15) is 0 Å². The summed E-state index contributed by atoms with van der Waals surface area (Å²) in [5.41, 5.74) is 2.33. The molecule has 1 aliphatic heterocycles. The molecule has 0 aliphatic carbocycles. The van der Waals surface area contributed by atoms with Gasteiger partial charge >= 0.3 is 0 Å². The quantitative estimate of drug-likeness (QED) is 0.338. The van der Waals surface area contributed by atoms with Gasteiger partial charge in [-0.15, -0.1) is 24.0 Å². The number of nitrogens with zero attached hydrogens (tertiary/aromatic N) is 3. The Labute approximate surface area is 189 Å². The van der Waals surface area contributed by atoms with E-state index in [0.717, 1.165) is 62.4 Å². The molecule has 0 bridgehead atoms. The maximum Gasteiger partial charge on any atom is 0.191 e. The Hall–Kier alpha value is -2.07. The number of para-hydroxylation sites is 1. The van der Waals surface area contributed by atoms with Crippen LogP contribution in [0.5, 0.6) is 5.75 Å². The van der Waals surface area contributed by atoms with E-state index in [2.05, 4.69) is 37.6 Å². The molecule has 2 N–H and O–H groups in total. The lowest BCUT2D eigenvalue weighted by Gasteiger charge is -2.29. The van der Waals surface area contributed by atoms with Crippen molar-refractivity contribution in [3.8, 4) is 5.75 Å². The number of aliphatic imine (C=N–C) groups is 1. The Morgan fingerprint density at radius 1 is 1.14 bits per heavy atom. The van der Waals surface area contributed by atoms with Gasteiger partial charge < -0.3 is 25.0 Å².